The number of halogens is 4. The fourth-order valence-corrected chi connectivity index (χ4v) is 3.21. The largest absolute Gasteiger partial charge is 0.416 e. The first-order valence-electron chi connectivity index (χ1n) is 9.73. The highest BCUT2D eigenvalue weighted by molar-refractivity contribution is 5.94. The maximum atomic E-state index is 12.9. The van der Waals surface area contributed by atoms with Gasteiger partial charge in [0.15, 0.2) is 0 Å². The molecule has 2 N–H and O–H groups in total. The van der Waals surface area contributed by atoms with Crippen molar-refractivity contribution in [1.82, 2.24) is 15.5 Å². The zero-order valence-corrected chi connectivity index (χ0v) is 16.6. The molecule has 0 radical (unpaired) electrons. The second kappa shape index (κ2) is 9.67. The number of urea groups is 1. The third-order valence-corrected chi connectivity index (χ3v) is 4.90. The Morgan fingerprint density at radius 3 is 2.19 bits per heavy atom. The van der Waals surface area contributed by atoms with Crippen LogP contribution in [0.5, 0.6) is 0 Å². The quantitative estimate of drug-likeness (QED) is 0.557. The van der Waals surface area contributed by atoms with Crippen molar-refractivity contribution in [1.29, 1.82) is 0 Å². The van der Waals surface area contributed by atoms with E-state index >= 15 is 0 Å². The molecule has 0 saturated carbocycles. The molecular formula is C21H22F4N4O2. The van der Waals surface area contributed by atoms with E-state index in [1.54, 1.807) is 11.0 Å². The van der Waals surface area contributed by atoms with Crippen molar-refractivity contribution < 1.29 is 27.2 Å². The number of piperazine rings is 1. The minimum Gasteiger partial charge on any atom is -0.368 e. The summed E-state index contributed by atoms with van der Waals surface area (Å²) >= 11 is 0. The van der Waals surface area contributed by atoms with Crippen molar-refractivity contribution in [2.24, 2.45) is 0 Å². The van der Waals surface area contributed by atoms with Gasteiger partial charge in [0.25, 0.3) is 5.91 Å². The Morgan fingerprint density at radius 2 is 1.55 bits per heavy atom. The van der Waals surface area contributed by atoms with Gasteiger partial charge in [0, 0.05) is 50.5 Å². The van der Waals surface area contributed by atoms with Gasteiger partial charge in [-0.1, -0.05) is 6.07 Å². The Bertz CT molecular complexity index is 910. The van der Waals surface area contributed by atoms with Crippen LogP contribution in [-0.2, 0) is 6.18 Å². The van der Waals surface area contributed by atoms with Crippen molar-refractivity contribution in [3.63, 3.8) is 0 Å². The fraction of sp³-hybridized carbons (Fsp3) is 0.333. The van der Waals surface area contributed by atoms with Gasteiger partial charge < -0.3 is 20.4 Å². The second-order valence-corrected chi connectivity index (χ2v) is 7.02. The van der Waals surface area contributed by atoms with Crippen LogP contribution in [-0.4, -0.2) is 56.1 Å². The van der Waals surface area contributed by atoms with Gasteiger partial charge in [0.1, 0.15) is 5.82 Å². The Labute approximate surface area is 176 Å². The molecule has 1 aliphatic rings. The highest BCUT2D eigenvalue weighted by Crippen LogP contribution is 2.31. The number of amides is 3. The van der Waals surface area contributed by atoms with Crippen LogP contribution in [0.3, 0.4) is 0 Å². The molecule has 0 aromatic heterocycles. The molecule has 0 atom stereocenters. The number of benzene rings is 2. The number of anilines is 1. The van der Waals surface area contributed by atoms with Crippen LogP contribution in [0.2, 0.25) is 0 Å². The summed E-state index contributed by atoms with van der Waals surface area (Å²) < 4.78 is 51.6. The predicted molar refractivity (Wildman–Crippen MR) is 107 cm³/mol. The summed E-state index contributed by atoms with van der Waals surface area (Å²) in [4.78, 5) is 27.6. The third kappa shape index (κ3) is 6.09. The smallest absolute Gasteiger partial charge is 0.368 e. The molecule has 2 aromatic rings. The molecule has 10 heteroatoms. The third-order valence-electron chi connectivity index (χ3n) is 4.90. The zero-order chi connectivity index (χ0) is 22.4. The topological polar surface area (TPSA) is 64.7 Å². The molecule has 3 amide bonds. The highest BCUT2D eigenvalue weighted by atomic mass is 19.4. The van der Waals surface area contributed by atoms with E-state index in [-0.39, 0.29) is 25.0 Å². The number of carbonyl (C=O) groups excluding carboxylic acids is 2. The number of nitrogens with zero attached hydrogens (tertiary/aromatic N) is 2. The number of nitrogens with one attached hydrogen (secondary N) is 2. The molecule has 166 valence electrons. The van der Waals surface area contributed by atoms with Gasteiger partial charge >= 0.3 is 12.2 Å². The van der Waals surface area contributed by atoms with Crippen LogP contribution >= 0.6 is 0 Å². The van der Waals surface area contributed by atoms with Gasteiger partial charge in [0.2, 0.25) is 0 Å². The van der Waals surface area contributed by atoms with Crippen LogP contribution in [0.25, 0.3) is 0 Å². The lowest BCUT2D eigenvalue weighted by Crippen LogP contribution is -2.52. The van der Waals surface area contributed by atoms with Crippen molar-refractivity contribution in [3.8, 4) is 0 Å². The van der Waals surface area contributed by atoms with Crippen molar-refractivity contribution in [2.45, 2.75) is 6.18 Å². The van der Waals surface area contributed by atoms with E-state index in [4.69, 9.17) is 0 Å². The number of alkyl halides is 3. The van der Waals surface area contributed by atoms with E-state index in [0.29, 0.717) is 37.4 Å². The first-order chi connectivity index (χ1) is 14.7. The van der Waals surface area contributed by atoms with E-state index in [1.807, 2.05) is 4.90 Å². The molecule has 6 nitrogen and oxygen atoms in total. The number of rotatable bonds is 5. The van der Waals surface area contributed by atoms with Crippen molar-refractivity contribution >= 4 is 17.6 Å². The van der Waals surface area contributed by atoms with Gasteiger partial charge in [-0.15, -0.1) is 0 Å². The van der Waals surface area contributed by atoms with Crippen LogP contribution < -0.4 is 15.5 Å². The second-order valence-electron chi connectivity index (χ2n) is 7.02. The summed E-state index contributed by atoms with van der Waals surface area (Å²) in [6.07, 6.45) is -4.40. The molecular weight excluding hydrogens is 416 g/mol. The fourth-order valence-electron chi connectivity index (χ4n) is 3.21. The monoisotopic (exact) mass is 438 g/mol. The van der Waals surface area contributed by atoms with E-state index < -0.39 is 17.6 Å². The molecule has 3 rings (SSSR count). The Morgan fingerprint density at radius 1 is 0.903 bits per heavy atom. The summed E-state index contributed by atoms with van der Waals surface area (Å²) in [5, 5.41) is 5.32. The normalized spacial score (nSPS) is 14.3. The Balaban J connectivity index is 1.40. The standard InChI is InChI=1S/C21H22F4N4O2/c22-17-6-4-15(5-7-17)19(30)26-8-9-27-20(31)29-12-10-28(11-13-29)18-3-1-2-16(14-18)21(23,24)25/h1-7,14H,8-13H2,(H,26,30)(H,27,31). The van der Waals surface area contributed by atoms with E-state index in [1.165, 1.54) is 30.3 Å². The van der Waals surface area contributed by atoms with Crippen LogP contribution in [0, 0.1) is 5.82 Å². The lowest BCUT2D eigenvalue weighted by Gasteiger charge is -2.36. The van der Waals surface area contributed by atoms with E-state index in [0.717, 1.165) is 12.1 Å². The summed E-state index contributed by atoms with van der Waals surface area (Å²) in [6.45, 7) is 1.96. The summed E-state index contributed by atoms with van der Waals surface area (Å²) in [6, 6.07) is 9.94. The lowest BCUT2D eigenvalue weighted by molar-refractivity contribution is -0.137. The first kappa shape index (κ1) is 22.4. The van der Waals surface area contributed by atoms with Crippen LogP contribution in [0.1, 0.15) is 15.9 Å². The maximum Gasteiger partial charge on any atom is 0.416 e. The molecule has 0 bridgehead atoms. The highest BCUT2D eigenvalue weighted by Gasteiger charge is 2.31. The predicted octanol–water partition coefficient (Wildman–Crippen LogP) is 3.11. The molecule has 1 heterocycles. The molecule has 1 fully saturated rings. The summed E-state index contributed by atoms with van der Waals surface area (Å²) in [5.41, 5.74) is 0.0877. The van der Waals surface area contributed by atoms with Crippen molar-refractivity contribution in [3.05, 3.63) is 65.5 Å². The Kier molecular flexibility index (Phi) is 6.98. The number of hydrogen-bond donors (Lipinski definition) is 2. The molecule has 1 saturated heterocycles. The van der Waals surface area contributed by atoms with Crippen LogP contribution in [0.4, 0.5) is 28.0 Å². The van der Waals surface area contributed by atoms with E-state index in [2.05, 4.69) is 10.6 Å². The average Bonchev–Trinajstić information content (AvgIpc) is 2.76. The van der Waals surface area contributed by atoms with Crippen LogP contribution in [0.15, 0.2) is 48.5 Å². The molecule has 0 aliphatic carbocycles. The molecule has 1 aliphatic heterocycles. The molecule has 2 aromatic carbocycles. The van der Waals surface area contributed by atoms with Gasteiger partial charge in [-0.3, -0.25) is 4.79 Å². The number of hydrogen-bond acceptors (Lipinski definition) is 3. The van der Waals surface area contributed by atoms with Crippen molar-refractivity contribution in [2.75, 3.05) is 44.2 Å². The summed E-state index contributed by atoms with van der Waals surface area (Å²) in [7, 11) is 0. The molecule has 0 spiro atoms. The molecule has 0 unspecified atom stereocenters. The minimum atomic E-state index is -4.40. The average molecular weight is 438 g/mol. The Hall–Kier alpha value is -3.30. The SMILES string of the molecule is O=C(NCCNC(=O)N1CCN(c2cccc(C(F)(F)F)c2)CC1)c1ccc(F)cc1. The summed E-state index contributed by atoms with van der Waals surface area (Å²) in [5.74, 6) is -0.805. The van der Waals surface area contributed by atoms with Gasteiger partial charge in [-0.05, 0) is 42.5 Å². The molecule has 31 heavy (non-hydrogen) atoms. The minimum absolute atomic E-state index is 0.201. The number of carbonyl (C=O) groups is 2. The van der Waals surface area contributed by atoms with Gasteiger partial charge in [-0.2, -0.15) is 13.2 Å². The maximum absolute atomic E-state index is 12.9. The first-order valence-corrected chi connectivity index (χ1v) is 9.73. The zero-order valence-electron chi connectivity index (χ0n) is 16.6. The van der Waals surface area contributed by atoms with Gasteiger partial charge in [-0.25, -0.2) is 9.18 Å². The lowest BCUT2D eigenvalue weighted by atomic mass is 10.1. The van der Waals surface area contributed by atoms with Gasteiger partial charge in [0.05, 0.1) is 5.56 Å². The van der Waals surface area contributed by atoms with E-state index in [9.17, 15) is 27.2 Å².